The monoisotopic (exact) mass is 290 g/mol. The Morgan fingerprint density at radius 3 is 2.60 bits per heavy atom. The lowest BCUT2D eigenvalue weighted by Crippen LogP contribution is -2.37. The number of phenols is 1. The predicted molar refractivity (Wildman–Crippen MR) is 79.9 cm³/mol. The van der Waals surface area contributed by atoms with Crippen LogP contribution in [0, 0.1) is 0 Å². The Morgan fingerprint density at radius 2 is 1.95 bits per heavy atom. The van der Waals surface area contributed by atoms with Crippen molar-refractivity contribution in [3.63, 3.8) is 0 Å². The molecule has 0 aromatic heterocycles. The van der Waals surface area contributed by atoms with Gasteiger partial charge in [-0.05, 0) is 30.2 Å². The molecular weight excluding hydrogens is 276 g/mol. The summed E-state index contributed by atoms with van der Waals surface area (Å²) in [6, 6.07) is 13.4. The maximum atomic E-state index is 12.0. The van der Waals surface area contributed by atoms with E-state index >= 15 is 0 Å². The molecule has 1 amide bonds. The van der Waals surface area contributed by atoms with Gasteiger partial charge in [0.2, 0.25) is 5.91 Å². The quantitative estimate of drug-likeness (QED) is 0.758. The summed E-state index contributed by atoms with van der Waals surface area (Å²) < 4.78 is 0. The van der Waals surface area contributed by atoms with Crippen molar-refractivity contribution in [2.75, 3.05) is 5.32 Å². The van der Waals surface area contributed by atoms with Gasteiger partial charge in [0.1, 0.15) is 5.75 Å². The molecule has 0 fully saturated rings. The summed E-state index contributed by atoms with van der Waals surface area (Å²) in [5.74, 6) is -0.325. The van der Waals surface area contributed by atoms with Crippen molar-refractivity contribution in [3.05, 3.63) is 59.1 Å². The molecule has 4 N–H and O–H groups in total. The first-order chi connectivity index (χ1) is 9.56. The van der Waals surface area contributed by atoms with Crippen molar-refractivity contribution >= 4 is 23.2 Å². The third kappa shape index (κ3) is 3.73. The second kappa shape index (κ2) is 6.41. The smallest absolute Gasteiger partial charge is 0.241 e. The second-order valence-electron chi connectivity index (χ2n) is 4.45. The Labute approximate surface area is 122 Å². The van der Waals surface area contributed by atoms with Gasteiger partial charge in [-0.2, -0.15) is 0 Å². The summed E-state index contributed by atoms with van der Waals surface area (Å²) in [6.45, 7) is 0. The van der Waals surface area contributed by atoms with Crippen molar-refractivity contribution in [2.24, 2.45) is 5.73 Å². The highest BCUT2D eigenvalue weighted by Crippen LogP contribution is 2.26. The van der Waals surface area contributed by atoms with Crippen molar-refractivity contribution in [3.8, 4) is 5.75 Å². The maximum Gasteiger partial charge on any atom is 0.241 e. The molecule has 20 heavy (non-hydrogen) atoms. The maximum absolute atomic E-state index is 12.0. The summed E-state index contributed by atoms with van der Waals surface area (Å²) in [4.78, 5) is 12.0. The van der Waals surface area contributed by atoms with Crippen LogP contribution in [0.4, 0.5) is 5.69 Å². The first-order valence-corrected chi connectivity index (χ1v) is 6.53. The van der Waals surface area contributed by atoms with Crippen LogP contribution in [0.5, 0.6) is 5.75 Å². The van der Waals surface area contributed by atoms with Crippen molar-refractivity contribution in [2.45, 2.75) is 12.5 Å². The van der Waals surface area contributed by atoms with E-state index in [0.717, 1.165) is 5.56 Å². The van der Waals surface area contributed by atoms with Gasteiger partial charge in [0.25, 0.3) is 0 Å². The zero-order valence-electron chi connectivity index (χ0n) is 10.7. The van der Waals surface area contributed by atoms with Crippen LogP contribution in [-0.4, -0.2) is 17.1 Å². The molecule has 5 heteroatoms. The minimum absolute atomic E-state index is 0.0294. The van der Waals surface area contributed by atoms with E-state index in [9.17, 15) is 9.90 Å². The van der Waals surface area contributed by atoms with Gasteiger partial charge in [-0.15, -0.1) is 0 Å². The molecular formula is C15H15ClN2O2. The number of hydrogen-bond acceptors (Lipinski definition) is 3. The number of phenolic OH excluding ortho intramolecular Hbond substituents is 1. The van der Waals surface area contributed by atoms with Crippen LogP contribution in [0.15, 0.2) is 48.5 Å². The molecule has 2 aromatic rings. The Bertz CT molecular complexity index is 602. The van der Waals surface area contributed by atoms with Gasteiger partial charge in [0.05, 0.1) is 11.1 Å². The zero-order valence-corrected chi connectivity index (χ0v) is 11.5. The largest absolute Gasteiger partial charge is 0.506 e. The van der Waals surface area contributed by atoms with Crippen LogP contribution < -0.4 is 11.1 Å². The minimum Gasteiger partial charge on any atom is -0.506 e. The van der Waals surface area contributed by atoms with Gasteiger partial charge in [-0.1, -0.05) is 41.9 Å². The van der Waals surface area contributed by atoms with E-state index in [1.54, 1.807) is 6.07 Å². The number of hydrogen-bond donors (Lipinski definition) is 3. The number of benzene rings is 2. The van der Waals surface area contributed by atoms with Gasteiger partial charge in [0, 0.05) is 5.69 Å². The van der Waals surface area contributed by atoms with Crippen LogP contribution >= 0.6 is 11.6 Å². The molecule has 0 saturated heterocycles. The standard InChI is InChI=1S/C15H15ClN2O2/c16-12-9-11(6-7-14(12)19)18-15(20)13(17)8-10-4-2-1-3-5-10/h1-7,9,13,19H,8,17H2,(H,18,20)/t13-/m0/s1. The Balaban J connectivity index is 1.99. The summed E-state index contributed by atoms with van der Waals surface area (Å²) in [6.07, 6.45) is 0.457. The lowest BCUT2D eigenvalue weighted by molar-refractivity contribution is -0.117. The third-order valence-electron chi connectivity index (χ3n) is 2.85. The van der Waals surface area contributed by atoms with E-state index in [-0.39, 0.29) is 16.7 Å². The highest BCUT2D eigenvalue weighted by molar-refractivity contribution is 6.32. The highest BCUT2D eigenvalue weighted by Gasteiger charge is 2.14. The number of carbonyl (C=O) groups excluding carboxylic acids is 1. The molecule has 0 saturated carbocycles. The number of rotatable bonds is 4. The molecule has 2 rings (SSSR count). The molecule has 2 aromatic carbocycles. The van der Waals surface area contributed by atoms with Gasteiger partial charge < -0.3 is 16.2 Å². The van der Waals surface area contributed by atoms with Crippen LogP contribution in [-0.2, 0) is 11.2 Å². The fourth-order valence-electron chi connectivity index (χ4n) is 1.78. The molecule has 0 unspecified atom stereocenters. The Kier molecular flexibility index (Phi) is 4.61. The van der Waals surface area contributed by atoms with Gasteiger partial charge >= 0.3 is 0 Å². The van der Waals surface area contributed by atoms with Crippen molar-refractivity contribution < 1.29 is 9.90 Å². The zero-order chi connectivity index (χ0) is 14.5. The Morgan fingerprint density at radius 1 is 1.25 bits per heavy atom. The second-order valence-corrected chi connectivity index (χ2v) is 4.86. The fourth-order valence-corrected chi connectivity index (χ4v) is 1.96. The lowest BCUT2D eigenvalue weighted by Gasteiger charge is -2.12. The van der Waals surface area contributed by atoms with Crippen LogP contribution in [0.2, 0.25) is 5.02 Å². The van der Waals surface area contributed by atoms with Crippen LogP contribution in [0.3, 0.4) is 0 Å². The van der Waals surface area contributed by atoms with E-state index < -0.39 is 6.04 Å². The number of aromatic hydroxyl groups is 1. The number of nitrogens with two attached hydrogens (primary N) is 1. The molecule has 0 spiro atoms. The molecule has 4 nitrogen and oxygen atoms in total. The summed E-state index contributed by atoms with van der Waals surface area (Å²) in [7, 11) is 0. The van der Waals surface area contributed by atoms with E-state index in [2.05, 4.69) is 5.32 Å². The average molecular weight is 291 g/mol. The SMILES string of the molecule is N[C@@H](Cc1ccccc1)C(=O)Nc1ccc(O)c(Cl)c1. The molecule has 1 atom stereocenters. The van der Waals surface area contributed by atoms with Crippen molar-refractivity contribution in [1.29, 1.82) is 0 Å². The normalized spacial score (nSPS) is 11.9. The first-order valence-electron chi connectivity index (χ1n) is 6.15. The molecule has 0 heterocycles. The van der Waals surface area contributed by atoms with Crippen molar-refractivity contribution in [1.82, 2.24) is 0 Å². The van der Waals surface area contributed by atoms with E-state index in [0.29, 0.717) is 12.1 Å². The van der Waals surface area contributed by atoms with Crippen LogP contribution in [0.25, 0.3) is 0 Å². The van der Waals surface area contributed by atoms with Gasteiger partial charge in [0.15, 0.2) is 0 Å². The van der Waals surface area contributed by atoms with Crippen LogP contribution in [0.1, 0.15) is 5.56 Å². The van der Waals surface area contributed by atoms with E-state index in [4.69, 9.17) is 17.3 Å². The summed E-state index contributed by atoms with van der Waals surface area (Å²) in [5.41, 5.74) is 7.37. The number of nitrogens with one attached hydrogen (secondary N) is 1. The molecule has 104 valence electrons. The molecule has 0 aliphatic carbocycles. The highest BCUT2D eigenvalue weighted by atomic mass is 35.5. The van der Waals surface area contributed by atoms with Gasteiger partial charge in [-0.3, -0.25) is 4.79 Å². The summed E-state index contributed by atoms with van der Waals surface area (Å²) >= 11 is 5.77. The number of halogens is 1. The molecule has 0 aliphatic rings. The van der Waals surface area contributed by atoms with E-state index in [1.165, 1.54) is 12.1 Å². The number of carbonyl (C=O) groups is 1. The minimum atomic E-state index is -0.648. The third-order valence-corrected chi connectivity index (χ3v) is 3.15. The number of amides is 1. The average Bonchev–Trinajstić information content (AvgIpc) is 2.44. The Hall–Kier alpha value is -2.04. The topological polar surface area (TPSA) is 75.4 Å². The molecule has 0 radical (unpaired) electrons. The lowest BCUT2D eigenvalue weighted by atomic mass is 10.1. The first kappa shape index (κ1) is 14.4. The fraction of sp³-hybridized carbons (Fsp3) is 0.133. The number of anilines is 1. The van der Waals surface area contributed by atoms with Gasteiger partial charge in [-0.25, -0.2) is 0 Å². The van der Waals surface area contributed by atoms with E-state index in [1.807, 2.05) is 30.3 Å². The molecule has 0 aliphatic heterocycles. The predicted octanol–water partition coefficient (Wildman–Crippen LogP) is 2.55. The summed E-state index contributed by atoms with van der Waals surface area (Å²) in [5, 5.41) is 12.2. The molecule has 0 bridgehead atoms.